The van der Waals surface area contributed by atoms with E-state index in [4.69, 9.17) is 0 Å². The van der Waals surface area contributed by atoms with E-state index in [1.54, 1.807) is 42.1 Å². The quantitative estimate of drug-likeness (QED) is 0.364. The SMILES string of the molecule is C[C@@H]1C(=O)N(C)c2cc(-c3ccc4[nH]ncc4c3)ccc2C(=O)N1Cc1cccc(C(=O)NCC2CCN(C)CC2)c1. The van der Waals surface area contributed by atoms with Gasteiger partial charge in [-0.15, -0.1) is 0 Å². The van der Waals surface area contributed by atoms with Crippen molar-refractivity contribution in [3.63, 3.8) is 0 Å². The molecule has 0 saturated carbocycles. The van der Waals surface area contributed by atoms with Gasteiger partial charge < -0.3 is 20.0 Å². The van der Waals surface area contributed by atoms with Crippen LogP contribution in [0.5, 0.6) is 0 Å². The first kappa shape index (κ1) is 27.7. The van der Waals surface area contributed by atoms with Crippen molar-refractivity contribution in [1.82, 2.24) is 25.3 Å². The largest absolute Gasteiger partial charge is 0.352 e. The fraction of sp³-hybridized carbons (Fsp3) is 0.333. The zero-order valence-corrected chi connectivity index (χ0v) is 24.3. The van der Waals surface area contributed by atoms with Crippen LogP contribution in [0.25, 0.3) is 22.0 Å². The van der Waals surface area contributed by atoms with Crippen LogP contribution in [0.4, 0.5) is 5.69 Å². The molecule has 3 aromatic carbocycles. The topological polar surface area (TPSA) is 102 Å². The lowest BCUT2D eigenvalue weighted by Gasteiger charge is -2.29. The lowest BCUT2D eigenvalue weighted by molar-refractivity contribution is -0.122. The van der Waals surface area contributed by atoms with E-state index in [2.05, 4.69) is 27.5 Å². The lowest BCUT2D eigenvalue weighted by Crippen LogP contribution is -2.45. The first-order valence-electron chi connectivity index (χ1n) is 14.5. The van der Waals surface area contributed by atoms with Gasteiger partial charge in [-0.3, -0.25) is 19.5 Å². The average Bonchev–Trinajstić information content (AvgIpc) is 3.48. The summed E-state index contributed by atoms with van der Waals surface area (Å²) in [5, 5.41) is 11.1. The molecule has 0 radical (unpaired) electrons. The lowest BCUT2D eigenvalue weighted by atomic mass is 9.97. The summed E-state index contributed by atoms with van der Waals surface area (Å²) in [6.07, 6.45) is 3.93. The summed E-state index contributed by atoms with van der Waals surface area (Å²) in [4.78, 5) is 45.9. The Balaban J connectivity index is 1.22. The van der Waals surface area contributed by atoms with Crippen LogP contribution < -0.4 is 10.2 Å². The van der Waals surface area contributed by atoms with Crippen LogP contribution in [-0.4, -0.2) is 77.5 Å². The predicted octanol–water partition coefficient (Wildman–Crippen LogP) is 4.31. The maximum Gasteiger partial charge on any atom is 0.256 e. The number of benzene rings is 3. The van der Waals surface area contributed by atoms with Crippen LogP contribution in [0.1, 0.15) is 46.0 Å². The van der Waals surface area contributed by atoms with E-state index in [0.717, 1.165) is 53.5 Å². The van der Waals surface area contributed by atoms with Crippen molar-refractivity contribution in [3.05, 3.63) is 83.6 Å². The molecule has 6 rings (SSSR count). The van der Waals surface area contributed by atoms with Crippen molar-refractivity contribution < 1.29 is 14.4 Å². The minimum absolute atomic E-state index is 0.117. The number of anilines is 1. The summed E-state index contributed by atoms with van der Waals surface area (Å²) in [6, 6.07) is 18.3. The summed E-state index contributed by atoms with van der Waals surface area (Å²) >= 11 is 0. The Hall–Kier alpha value is -4.50. The second-order valence-corrected chi connectivity index (χ2v) is 11.6. The molecule has 2 aliphatic rings. The van der Waals surface area contributed by atoms with Gasteiger partial charge in [0, 0.05) is 31.1 Å². The molecule has 1 fully saturated rings. The average molecular weight is 565 g/mol. The van der Waals surface area contributed by atoms with Gasteiger partial charge in [0.2, 0.25) is 5.91 Å². The second kappa shape index (κ2) is 11.4. The molecule has 0 bridgehead atoms. The van der Waals surface area contributed by atoms with E-state index in [0.29, 0.717) is 29.3 Å². The fourth-order valence-electron chi connectivity index (χ4n) is 5.98. The number of likely N-dealkylation sites (tertiary alicyclic amines) is 1. The van der Waals surface area contributed by atoms with Gasteiger partial charge in [0.05, 0.1) is 23.0 Å². The highest BCUT2D eigenvalue weighted by molar-refractivity contribution is 6.11. The second-order valence-electron chi connectivity index (χ2n) is 11.6. The Morgan fingerprint density at radius 3 is 2.57 bits per heavy atom. The van der Waals surface area contributed by atoms with Gasteiger partial charge >= 0.3 is 0 Å². The number of piperidine rings is 1. The monoisotopic (exact) mass is 564 g/mol. The Morgan fingerprint density at radius 2 is 1.76 bits per heavy atom. The summed E-state index contributed by atoms with van der Waals surface area (Å²) < 4.78 is 0. The third kappa shape index (κ3) is 5.39. The minimum Gasteiger partial charge on any atom is -0.352 e. The molecule has 3 amide bonds. The van der Waals surface area contributed by atoms with Crippen molar-refractivity contribution in [3.8, 4) is 11.1 Å². The zero-order chi connectivity index (χ0) is 29.4. The van der Waals surface area contributed by atoms with E-state index in [-0.39, 0.29) is 24.3 Å². The van der Waals surface area contributed by atoms with Crippen molar-refractivity contribution in [2.45, 2.75) is 32.4 Å². The maximum absolute atomic E-state index is 13.9. The number of nitrogens with one attached hydrogen (secondary N) is 2. The number of amides is 3. The van der Waals surface area contributed by atoms with Crippen molar-refractivity contribution in [2.75, 3.05) is 38.6 Å². The Kier molecular flexibility index (Phi) is 7.51. The highest BCUT2D eigenvalue weighted by Gasteiger charge is 2.36. The van der Waals surface area contributed by atoms with Crippen LogP contribution in [0.15, 0.2) is 66.9 Å². The van der Waals surface area contributed by atoms with Crippen molar-refractivity contribution in [1.29, 1.82) is 0 Å². The van der Waals surface area contributed by atoms with E-state index in [9.17, 15) is 14.4 Å². The molecule has 4 aromatic rings. The van der Waals surface area contributed by atoms with E-state index in [1.165, 1.54) is 0 Å². The van der Waals surface area contributed by atoms with Crippen molar-refractivity contribution in [2.24, 2.45) is 5.92 Å². The Labute approximate surface area is 245 Å². The number of nitrogens with zero attached hydrogens (tertiary/aromatic N) is 4. The molecule has 1 aromatic heterocycles. The number of hydrogen-bond donors (Lipinski definition) is 2. The summed E-state index contributed by atoms with van der Waals surface area (Å²) in [5.74, 6) is -0.0185. The highest BCUT2D eigenvalue weighted by atomic mass is 16.2. The molecule has 216 valence electrons. The normalized spacial score (nSPS) is 18.3. The molecule has 1 saturated heterocycles. The maximum atomic E-state index is 13.9. The molecule has 0 spiro atoms. The van der Waals surface area contributed by atoms with Crippen LogP contribution in [0.3, 0.4) is 0 Å². The van der Waals surface area contributed by atoms with Gasteiger partial charge in [-0.25, -0.2) is 0 Å². The molecular formula is C33H36N6O3. The van der Waals surface area contributed by atoms with Crippen LogP contribution in [-0.2, 0) is 11.3 Å². The number of likely N-dealkylation sites (N-methyl/N-ethyl adjacent to an activating group) is 1. The molecule has 0 unspecified atom stereocenters. The third-order valence-corrected chi connectivity index (χ3v) is 8.71. The van der Waals surface area contributed by atoms with Crippen LogP contribution in [0.2, 0.25) is 0 Å². The van der Waals surface area contributed by atoms with Crippen LogP contribution >= 0.6 is 0 Å². The highest BCUT2D eigenvalue weighted by Crippen LogP contribution is 2.33. The number of fused-ring (bicyclic) bond motifs is 2. The number of H-pyrrole nitrogens is 1. The molecule has 1 atom stereocenters. The summed E-state index contributed by atoms with van der Waals surface area (Å²) in [7, 11) is 3.84. The van der Waals surface area contributed by atoms with Gasteiger partial charge in [0.25, 0.3) is 11.8 Å². The predicted molar refractivity (Wildman–Crippen MR) is 163 cm³/mol. The number of rotatable bonds is 6. The minimum atomic E-state index is -0.678. The smallest absolute Gasteiger partial charge is 0.256 e. The molecule has 2 N–H and O–H groups in total. The summed E-state index contributed by atoms with van der Waals surface area (Å²) in [5.41, 5.74) is 5.22. The Morgan fingerprint density at radius 1 is 1.00 bits per heavy atom. The number of hydrogen-bond acceptors (Lipinski definition) is 5. The first-order chi connectivity index (χ1) is 20.3. The first-order valence-corrected chi connectivity index (χ1v) is 14.5. The molecular weight excluding hydrogens is 528 g/mol. The molecule has 9 heteroatoms. The van der Waals surface area contributed by atoms with Gasteiger partial charge in [-0.1, -0.05) is 24.3 Å². The zero-order valence-electron chi connectivity index (χ0n) is 24.3. The van der Waals surface area contributed by atoms with Gasteiger partial charge in [-0.2, -0.15) is 5.10 Å². The summed E-state index contributed by atoms with van der Waals surface area (Å²) in [6.45, 7) is 4.74. The van der Waals surface area contributed by atoms with Crippen LogP contribution in [0, 0.1) is 5.92 Å². The number of aromatic nitrogens is 2. The van der Waals surface area contributed by atoms with E-state index < -0.39 is 6.04 Å². The standard InChI is InChI=1S/C33H36N6O3/c1-21-32(41)38(3)30-17-25(24-8-10-29-27(16-24)19-35-36-29)7-9-28(30)33(42)39(21)20-23-5-4-6-26(15-23)31(40)34-18-22-11-13-37(2)14-12-22/h4-10,15-17,19,21-22H,11-14,18,20H2,1-3H3,(H,34,40)(H,35,36)/t21-/m1/s1. The van der Waals surface area contributed by atoms with Gasteiger partial charge in [0.1, 0.15) is 6.04 Å². The fourth-order valence-corrected chi connectivity index (χ4v) is 5.98. The molecule has 9 nitrogen and oxygen atoms in total. The molecule has 0 aliphatic carbocycles. The third-order valence-electron chi connectivity index (χ3n) is 8.71. The van der Waals surface area contributed by atoms with Gasteiger partial charge in [0.15, 0.2) is 0 Å². The van der Waals surface area contributed by atoms with E-state index >= 15 is 0 Å². The van der Waals surface area contributed by atoms with Crippen molar-refractivity contribution >= 4 is 34.3 Å². The molecule has 42 heavy (non-hydrogen) atoms. The molecule has 2 aliphatic heterocycles. The number of aromatic amines is 1. The number of carbonyl (C=O) groups is 3. The van der Waals surface area contributed by atoms with E-state index in [1.807, 2.05) is 48.5 Å². The molecule has 3 heterocycles. The number of carbonyl (C=O) groups excluding carboxylic acids is 3. The Bertz CT molecular complexity index is 1650. The van der Waals surface area contributed by atoms with Gasteiger partial charge in [-0.05, 0) is 98.9 Å².